The van der Waals surface area contributed by atoms with E-state index in [0.717, 1.165) is 28.6 Å². The fourth-order valence-electron chi connectivity index (χ4n) is 3.80. The van der Waals surface area contributed by atoms with E-state index in [1.807, 2.05) is 60.7 Å². The summed E-state index contributed by atoms with van der Waals surface area (Å²) in [6, 6.07) is 22.2. The third kappa shape index (κ3) is 5.66. The lowest BCUT2D eigenvalue weighted by Crippen LogP contribution is -2.26. The van der Waals surface area contributed by atoms with Gasteiger partial charge >= 0.3 is 0 Å². The van der Waals surface area contributed by atoms with Crippen LogP contribution < -0.4 is 21.1 Å². The zero-order valence-corrected chi connectivity index (χ0v) is 20.1. The number of rotatable bonds is 8. The number of carbonyl (C=O) groups excluding carboxylic acids is 1. The van der Waals surface area contributed by atoms with Gasteiger partial charge in [-0.3, -0.25) is 4.79 Å². The number of sulfonamides is 1. The van der Waals surface area contributed by atoms with Crippen molar-refractivity contribution >= 4 is 50.2 Å². The Morgan fingerprint density at radius 3 is 2.44 bits per heavy atom. The van der Waals surface area contributed by atoms with Crippen molar-refractivity contribution in [2.24, 2.45) is 5.73 Å². The first-order chi connectivity index (χ1) is 16.2. The van der Waals surface area contributed by atoms with Crippen LogP contribution in [0.2, 0.25) is 5.02 Å². The van der Waals surface area contributed by atoms with Gasteiger partial charge in [-0.2, -0.15) is 0 Å². The second-order valence-electron chi connectivity index (χ2n) is 8.07. The van der Waals surface area contributed by atoms with Crippen molar-refractivity contribution in [1.29, 1.82) is 0 Å². The summed E-state index contributed by atoms with van der Waals surface area (Å²) in [7, 11) is -3.25. The highest BCUT2D eigenvalue weighted by atomic mass is 35.5. The van der Waals surface area contributed by atoms with Crippen LogP contribution in [0.3, 0.4) is 0 Å². The van der Waals surface area contributed by atoms with Gasteiger partial charge in [0.15, 0.2) is 0 Å². The molecular formula is C25H25ClN4O3S. The molecule has 1 amide bonds. The van der Waals surface area contributed by atoms with Gasteiger partial charge < -0.3 is 16.4 Å². The van der Waals surface area contributed by atoms with E-state index in [1.54, 1.807) is 12.1 Å². The SMILES string of the molecule is CS(=O)(=O)NCCC(N)c1ccc(NC(=C2C(=O)Nc3cc(Cl)ccc32)c2ccccc2)cc1. The molecule has 0 spiro atoms. The first kappa shape index (κ1) is 24.0. The highest BCUT2D eigenvalue weighted by molar-refractivity contribution is 7.88. The number of nitrogens with one attached hydrogen (secondary N) is 3. The summed E-state index contributed by atoms with van der Waals surface area (Å²) in [5, 5.41) is 6.85. The minimum absolute atomic E-state index is 0.208. The quantitative estimate of drug-likeness (QED) is 0.349. The number of fused-ring (bicyclic) bond motifs is 1. The fraction of sp³-hybridized carbons (Fsp3) is 0.160. The molecule has 0 aliphatic carbocycles. The molecule has 7 nitrogen and oxygen atoms in total. The Kier molecular flexibility index (Phi) is 7.04. The highest BCUT2D eigenvalue weighted by Gasteiger charge is 2.28. The number of halogens is 1. The van der Waals surface area contributed by atoms with Gasteiger partial charge in [-0.25, -0.2) is 13.1 Å². The molecule has 3 aromatic carbocycles. The average molecular weight is 497 g/mol. The van der Waals surface area contributed by atoms with Crippen LogP contribution in [0.5, 0.6) is 0 Å². The lowest BCUT2D eigenvalue weighted by molar-refractivity contribution is -0.110. The summed E-state index contributed by atoms with van der Waals surface area (Å²) in [6.45, 7) is 0.267. The maximum absolute atomic E-state index is 12.9. The molecule has 1 heterocycles. The van der Waals surface area contributed by atoms with E-state index in [1.165, 1.54) is 0 Å². The molecule has 34 heavy (non-hydrogen) atoms. The summed E-state index contributed by atoms with van der Waals surface area (Å²) in [4.78, 5) is 12.9. The fourth-order valence-corrected chi connectivity index (χ4v) is 4.46. The van der Waals surface area contributed by atoms with Gasteiger partial charge in [0.2, 0.25) is 10.0 Å². The largest absolute Gasteiger partial charge is 0.354 e. The maximum atomic E-state index is 12.9. The standard InChI is InChI=1S/C25H25ClN4O3S/c1-34(32,33)28-14-13-21(27)16-7-10-19(11-8-16)29-24(17-5-3-2-4-6-17)23-20-12-9-18(26)15-22(20)30-25(23)31/h2-12,15,21,28-29H,13-14,27H2,1H3,(H,30,31). The second kappa shape index (κ2) is 9.99. The molecule has 0 bridgehead atoms. The van der Waals surface area contributed by atoms with Crippen LogP contribution in [-0.4, -0.2) is 27.1 Å². The molecule has 5 N–H and O–H groups in total. The van der Waals surface area contributed by atoms with E-state index < -0.39 is 10.0 Å². The van der Waals surface area contributed by atoms with Crippen molar-refractivity contribution in [2.75, 3.05) is 23.4 Å². The van der Waals surface area contributed by atoms with Crippen molar-refractivity contribution in [3.63, 3.8) is 0 Å². The molecule has 0 radical (unpaired) electrons. The van der Waals surface area contributed by atoms with Crippen molar-refractivity contribution in [1.82, 2.24) is 4.72 Å². The Morgan fingerprint density at radius 1 is 1.06 bits per heavy atom. The van der Waals surface area contributed by atoms with Crippen molar-refractivity contribution in [3.8, 4) is 0 Å². The minimum Gasteiger partial charge on any atom is -0.354 e. The van der Waals surface area contributed by atoms with Gasteiger partial charge in [0.25, 0.3) is 5.91 Å². The molecule has 3 aromatic rings. The Morgan fingerprint density at radius 2 is 1.76 bits per heavy atom. The predicted molar refractivity (Wildman–Crippen MR) is 138 cm³/mol. The minimum atomic E-state index is -3.25. The van der Waals surface area contributed by atoms with Crippen LogP contribution in [-0.2, 0) is 14.8 Å². The third-order valence-electron chi connectivity index (χ3n) is 5.47. The number of amides is 1. The van der Waals surface area contributed by atoms with E-state index in [9.17, 15) is 13.2 Å². The topological polar surface area (TPSA) is 113 Å². The monoisotopic (exact) mass is 496 g/mol. The van der Waals surface area contributed by atoms with Gasteiger partial charge in [0, 0.05) is 28.9 Å². The smallest absolute Gasteiger partial charge is 0.258 e. The van der Waals surface area contributed by atoms with Crippen LogP contribution in [0.25, 0.3) is 11.3 Å². The van der Waals surface area contributed by atoms with E-state index in [2.05, 4.69) is 15.4 Å². The Bertz CT molecular complexity index is 1340. The molecule has 0 fully saturated rings. The Labute approximate surface area is 204 Å². The summed E-state index contributed by atoms with van der Waals surface area (Å²) in [5.74, 6) is -0.208. The van der Waals surface area contributed by atoms with Crippen LogP contribution in [0.4, 0.5) is 11.4 Å². The van der Waals surface area contributed by atoms with Gasteiger partial charge in [-0.1, -0.05) is 60.1 Å². The summed E-state index contributed by atoms with van der Waals surface area (Å²) in [6.07, 6.45) is 1.59. The molecule has 4 rings (SSSR count). The molecule has 1 aliphatic heterocycles. The summed E-state index contributed by atoms with van der Waals surface area (Å²) in [5.41, 5.74) is 11.4. The molecule has 0 saturated carbocycles. The number of anilines is 2. The number of hydrogen-bond acceptors (Lipinski definition) is 5. The predicted octanol–water partition coefficient (Wildman–Crippen LogP) is 4.21. The van der Waals surface area contributed by atoms with E-state index in [4.69, 9.17) is 17.3 Å². The van der Waals surface area contributed by atoms with Crippen molar-refractivity contribution in [3.05, 3.63) is 94.5 Å². The van der Waals surface area contributed by atoms with E-state index >= 15 is 0 Å². The molecule has 1 atom stereocenters. The average Bonchev–Trinajstić information content (AvgIpc) is 3.12. The zero-order valence-electron chi connectivity index (χ0n) is 18.5. The van der Waals surface area contributed by atoms with Crippen LogP contribution in [0.15, 0.2) is 72.8 Å². The van der Waals surface area contributed by atoms with Crippen LogP contribution >= 0.6 is 11.6 Å². The highest BCUT2D eigenvalue weighted by Crippen LogP contribution is 2.38. The molecular weight excluding hydrogens is 472 g/mol. The lowest BCUT2D eigenvalue weighted by atomic mass is 9.99. The normalized spacial score (nSPS) is 15.4. The maximum Gasteiger partial charge on any atom is 0.258 e. The first-order valence-corrected chi connectivity index (χ1v) is 13.0. The second-order valence-corrected chi connectivity index (χ2v) is 10.3. The lowest BCUT2D eigenvalue weighted by Gasteiger charge is -2.16. The molecule has 0 saturated heterocycles. The molecule has 1 unspecified atom stereocenters. The van der Waals surface area contributed by atoms with Gasteiger partial charge in [0.05, 0.1) is 23.2 Å². The van der Waals surface area contributed by atoms with Gasteiger partial charge in [0.1, 0.15) is 0 Å². The number of benzene rings is 3. The van der Waals surface area contributed by atoms with Crippen LogP contribution in [0.1, 0.15) is 29.2 Å². The third-order valence-corrected chi connectivity index (χ3v) is 6.43. The number of hydrogen-bond donors (Lipinski definition) is 4. The van der Waals surface area contributed by atoms with Gasteiger partial charge in [-0.05, 0) is 41.8 Å². The Hall–Kier alpha value is -3.17. The zero-order chi connectivity index (χ0) is 24.3. The summed E-state index contributed by atoms with van der Waals surface area (Å²) >= 11 is 6.11. The first-order valence-electron chi connectivity index (χ1n) is 10.7. The molecule has 9 heteroatoms. The molecule has 0 aromatic heterocycles. The van der Waals surface area contributed by atoms with Crippen LogP contribution in [0, 0.1) is 0 Å². The van der Waals surface area contributed by atoms with Crippen molar-refractivity contribution < 1.29 is 13.2 Å². The van der Waals surface area contributed by atoms with E-state index in [0.29, 0.717) is 28.4 Å². The van der Waals surface area contributed by atoms with E-state index in [-0.39, 0.29) is 18.5 Å². The molecule has 1 aliphatic rings. The number of nitrogens with two attached hydrogens (primary N) is 1. The number of carbonyl (C=O) groups is 1. The molecule has 176 valence electrons. The Balaban J connectivity index is 1.62. The van der Waals surface area contributed by atoms with Gasteiger partial charge in [-0.15, -0.1) is 0 Å². The summed E-state index contributed by atoms with van der Waals surface area (Å²) < 4.78 is 24.9. The van der Waals surface area contributed by atoms with Crippen molar-refractivity contribution in [2.45, 2.75) is 12.5 Å².